The number of carbonyl (C=O) groups is 1. The van der Waals surface area contributed by atoms with E-state index in [1.54, 1.807) is 0 Å². The minimum Gasteiger partial charge on any atom is -0.350 e. The second kappa shape index (κ2) is 3.67. The molecule has 1 N–H and O–H groups in total. The molecule has 0 unspecified atom stereocenters. The van der Waals surface area contributed by atoms with Crippen molar-refractivity contribution in [2.75, 3.05) is 6.54 Å². The summed E-state index contributed by atoms with van der Waals surface area (Å²) < 4.78 is 0. The van der Waals surface area contributed by atoms with E-state index in [0.717, 1.165) is 10.6 Å². The average molecular weight is 184 g/mol. The summed E-state index contributed by atoms with van der Waals surface area (Å²) in [6.45, 7) is 6.42. The molecule has 66 valence electrons. The summed E-state index contributed by atoms with van der Waals surface area (Å²) in [5.41, 5.74) is 0.946. The molecule has 0 aliphatic rings. The second-order valence-corrected chi connectivity index (χ2v) is 3.72. The highest BCUT2D eigenvalue weighted by molar-refractivity contribution is 7.13. The first kappa shape index (κ1) is 9.19. The summed E-state index contributed by atoms with van der Waals surface area (Å²) >= 11 is 1.44. The lowest BCUT2D eigenvalue weighted by atomic mass is 10.4. The van der Waals surface area contributed by atoms with Gasteiger partial charge in [-0.05, 0) is 20.8 Å². The molecule has 0 fully saturated rings. The fourth-order valence-electron chi connectivity index (χ4n) is 0.806. The largest absolute Gasteiger partial charge is 0.350 e. The highest BCUT2D eigenvalue weighted by atomic mass is 32.1. The van der Waals surface area contributed by atoms with Crippen LogP contribution in [-0.4, -0.2) is 17.4 Å². The molecule has 1 aromatic rings. The van der Waals surface area contributed by atoms with Crippen molar-refractivity contribution in [3.8, 4) is 0 Å². The second-order valence-electron chi connectivity index (χ2n) is 2.52. The predicted molar refractivity (Wildman–Crippen MR) is 49.6 cm³/mol. The van der Waals surface area contributed by atoms with E-state index in [2.05, 4.69) is 10.3 Å². The normalized spacial score (nSPS) is 9.92. The maximum Gasteiger partial charge on any atom is 0.280 e. The predicted octanol–water partition coefficient (Wildman–Crippen LogP) is 1.51. The maximum atomic E-state index is 11.2. The van der Waals surface area contributed by atoms with Crippen LogP contribution >= 0.6 is 11.3 Å². The molecule has 0 bridgehead atoms. The average Bonchev–Trinajstić information content (AvgIpc) is 2.33. The van der Waals surface area contributed by atoms with Crippen molar-refractivity contribution in [3.63, 3.8) is 0 Å². The van der Waals surface area contributed by atoms with Gasteiger partial charge in [-0.15, -0.1) is 11.3 Å². The van der Waals surface area contributed by atoms with Gasteiger partial charge in [0, 0.05) is 11.4 Å². The Hall–Kier alpha value is -0.900. The first-order valence-electron chi connectivity index (χ1n) is 3.87. The van der Waals surface area contributed by atoms with Crippen LogP contribution in [0.2, 0.25) is 0 Å². The molecule has 1 amide bonds. The van der Waals surface area contributed by atoms with Crippen molar-refractivity contribution >= 4 is 17.2 Å². The van der Waals surface area contributed by atoms with E-state index in [4.69, 9.17) is 0 Å². The van der Waals surface area contributed by atoms with Gasteiger partial charge < -0.3 is 5.32 Å². The Morgan fingerprint density at radius 2 is 2.25 bits per heavy atom. The molecule has 0 aliphatic carbocycles. The number of amides is 1. The van der Waals surface area contributed by atoms with Crippen LogP contribution in [0.1, 0.15) is 27.3 Å². The van der Waals surface area contributed by atoms with E-state index in [0.29, 0.717) is 11.6 Å². The van der Waals surface area contributed by atoms with Gasteiger partial charge in [-0.25, -0.2) is 4.98 Å². The maximum absolute atomic E-state index is 11.2. The molecule has 0 saturated heterocycles. The zero-order valence-electron chi connectivity index (χ0n) is 7.47. The molecule has 0 aromatic carbocycles. The Bertz CT molecular complexity index is 274. The third-order valence-corrected chi connectivity index (χ3v) is 2.63. The monoisotopic (exact) mass is 184 g/mol. The van der Waals surface area contributed by atoms with Gasteiger partial charge in [0.05, 0.1) is 5.69 Å². The number of aromatic nitrogens is 1. The summed E-state index contributed by atoms with van der Waals surface area (Å²) in [5, 5.41) is 3.27. The van der Waals surface area contributed by atoms with Gasteiger partial charge in [-0.1, -0.05) is 0 Å². The molecular weight excluding hydrogens is 172 g/mol. The summed E-state index contributed by atoms with van der Waals surface area (Å²) in [7, 11) is 0. The van der Waals surface area contributed by atoms with Crippen LogP contribution in [0, 0.1) is 13.8 Å². The lowest BCUT2D eigenvalue weighted by molar-refractivity contribution is 0.0955. The number of hydrogen-bond acceptors (Lipinski definition) is 3. The fraction of sp³-hybridized carbons (Fsp3) is 0.500. The number of thiazole rings is 1. The van der Waals surface area contributed by atoms with Crippen molar-refractivity contribution in [2.45, 2.75) is 20.8 Å². The Morgan fingerprint density at radius 1 is 1.58 bits per heavy atom. The Balaban J connectivity index is 2.82. The van der Waals surface area contributed by atoms with Crippen LogP contribution in [0.5, 0.6) is 0 Å². The molecule has 0 atom stereocenters. The number of carbonyl (C=O) groups excluding carboxylic acids is 1. The van der Waals surface area contributed by atoms with E-state index in [1.807, 2.05) is 20.8 Å². The SMILES string of the molecule is CCNC(=O)c1nc(C)c(C)s1. The lowest BCUT2D eigenvalue weighted by Crippen LogP contribution is -2.22. The van der Waals surface area contributed by atoms with Crippen molar-refractivity contribution in [3.05, 3.63) is 15.6 Å². The Morgan fingerprint density at radius 3 is 2.67 bits per heavy atom. The van der Waals surface area contributed by atoms with Gasteiger partial charge in [-0.2, -0.15) is 0 Å². The van der Waals surface area contributed by atoms with E-state index in [9.17, 15) is 4.79 Å². The number of hydrogen-bond donors (Lipinski definition) is 1. The van der Waals surface area contributed by atoms with Crippen LogP contribution in [-0.2, 0) is 0 Å². The summed E-state index contributed by atoms with van der Waals surface area (Å²) in [6.07, 6.45) is 0. The first-order chi connectivity index (χ1) is 5.65. The van der Waals surface area contributed by atoms with Gasteiger partial charge in [0.1, 0.15) is 0 Å². The zero-order valence-corrected chi connectivity index (χ0v) is 8.29. The van der Waals surface area contributed by atoms with Gasteiger partial charge in [-0.3, -0.25) is 4.79 Å². The Labute approximate surface area is 75.8 Å². The Kier molecular flexibility index (Phi) is 2.81. The zero-order chi connectivity index (χ0) is 9.14. The van der Waals surface area contributed by atoms with Crippen molar-refractivity contribution in [2.24, 2.45) is 0 Å². The molecule has 4 heteroatoms. The molecule has 0 radical (unpaired) electrons. The molecule has 12 heavy (non-hydrogen) atoms. The fourth-order valence-corrected chi connectivity index (χ4v) is 1.64. The highest BCUT2D eigenvalue weighted by Crippen LogP contribution is 2.15. The first-order valence-corrected chi connectivity index (χ1v) is 4.69. The minimum absolute atomic E-state index is 0.0706. The molecule has 0 spiro atoms. The molecule has 1 rings (SSSR count). The van der Waals surface area contributed by atoms with E-state index >= 15 is 0 Å². The number of aryl methyl sites for hydroxylation is 2. The quantitative estimate of drug-likeness (QED) is 0.757. The van der Waals surface area contributed by atoms with Gasteiger partial charge >= 0.3 is 0 Å². The summed E-state index contributed by atoms with van der Waals surface area (Å²) in [6, 6.07) is 0. The van der Waals surface area contributed by atoms with Crippen LogP contribution in [0.3, 0.4) is 0 Å². The van der Waals surface area contributed by atoms with E-state index in [1.165, 1.54) is 11.3 Å². The van der Waals surface area contributed by atoms with Crippen LogP contribution in [0.4, 0.5) is 0 Å². The van der Waals surface area contributed by atoms with Gasteiger partial charge in [0.2, 0.25) is 0 Å². The number of rotatable bonds is 2. The highest BCUT2D eigenvalue weighted by Gasteiger charge is 2.10. The van der Waals surface area contributed by atoms with Gasteiger partial charge in [0.15, 0.2) is 5.01 Å². The number of nitrogens with one attached hydrogen (secondary N) is 1. The van der Waals surface area contributed by atoms with Gasteiger partial charge in [0.25, 0.3) is 5.91 Å². The molecule has 3 nitrogen and oxygen atoms in total. The van der Waals surface area contributed by atoms with Crippen LogP contribution in [0.25, 0.3) is 0 Å². The van der Waals surface area contributed by atoms with Crippen LogP contribution < -0.4 is 5.32 Å². The summed E-state index contributed by atoms with van der Waals surface area (Å²) in [4.78, 5) is 16.5. The molecule has 1 heterocycles. The van der Waals surface area contributed by atoms with Crippen LogP contribution in [0.15, 0.2) is 0 Å². The van der Waals surface area contributed by atoms with E-state index in [-0.39, 0.29) is 5.91 Å². The smallest absolute Gasteiger partial charge is 0.280 e. The summed E-state index contributed by atoms with van der Waals surface area (Å²) in [5.74, 6) is -0.0706. The van der Waals surface area contributed by atoms with Crippen molar-refractivity contribution in [1.82, 2.24) is 10.3 Å². The molecule has 0 aliphatic heterocycles. The third-order valence-electron chi connectivity index (χ3n) is 1.56. The van der Waals surface area contributed by atoms with Crippen molar-refractivity contribution in [1.29, 1.82) is 0 Å². The molecule has 1 aromatic heterocycles. The van der Waals surface area contributed by atoms with E-state index < -0.39 is 0 Å². The number of nitrogens with zero attached hydrogens (tertiary/aromatic N) is 1. The minimum atomic E-state index is -0.0706. The molecular formula is C8H12N2OS. The van der Waals surface area contributed by atoms with Crippen molar-refractivity contribution < 1.29 is 4.79 Å². The lowest BCUT2D eigenvalue weighted by Gasteiger charge is -1.95. The third kappa shape index (κ3) is 1.82. The topological polar surface area (TPSA) is 42.0 Å². The molecule has 0 saturated carbocycles. The standard InChI is InChI=1S/C8H12N2OS/c1-4-9-7(11)8-10-5(2)6(3)12-8/h4H2,1-3H3,(H,9,11).